The maximum atomic E-state index is 12.9. The summed E-state index contributed by atoms with van der Waals surface area (Å²) in [6.45, 7) is 0. The number of carbonyl (C=O) groups is 1. The maximum Gasteiger partial charge on any atom is 0.272 e. The van der Waals surface area contributed by atoms with Crippen molar-refractivity contribution in [2.75, 3.05) is 0 Å². The first-order valence-corrected chi connectivity index (χ1v) is 11.2. The van der Waals surface area contributed by atoms with Crippen LogP contribution in [0.1, 0.15) is 15.9 Å². The zero-order chi connectivity index (χ0) is 21.1. The number of rotatable bonds is 4. The number of aromatic hydroxyl groups is 1. The number of hydrogen-bond acceptors (Lipinski definition) is 4. The van der Waals surface area contributed by atoms with Crippen molar-refractivity contribution >= 4 is 68.2 Å². The van der Waals surface area contributed by atoms with Crippen molar-refractivity contribution in [1.29, 1.82) is 0 Å². The van der Waals surface area contributed by atoms with Crippen LogP contribution in [0.2, 0.25) is 0 Å². The smallest absolute Gasteiger partial charge is 0.272 e. The largest absolute Gasteiger partial charge is 0.506 e. The molecule has 0 spiro atoms. The molecular formula is C23H15I2N3O2. The maximum absolute atomic E-state index is 12.9. The number of phenols is 1. The molecule has 148 valence electrons. The van der Waals surface area contributed by atoms with Crippen molar-refractivity contribution in [2.24, 2.45) is 5.10 Å². The number of halogens is 2. The molecular weight excluding hydrogens is 604 g/mol. The fourth-order valence-corrected chi connectivity index (χ4v) is 4.91. The van der Waals surface area contributed by atoms with Crippen LogP contribution < -0.4 is 5.43 Å². The van der Waals surface area contributed by atoms with E-state index in [1.165, 1.54) is 6.21 Å². The number of hydrogen-bond donors (Lipinski definition) is 2. The number of hydrazone groups is 1. The van der Waals surface area contributed by atoms with Crippen LogP contribution in [0, 0.1) is 7.14 Å². The van der Waals surface area contributed by atoms with Crippen molar-refractivity contribution < 1.29 is 9.90 Å². The minimum Gasteiger partial charge on any atom is -0.506 e. The first-order chi connectivity index (χ1) is 14.5. The third kappa shape index (κ3) is 4.46. The van der Waals surface area contributed by atoms with E-state index in [0.717, 1.165) is 23.6 Å². The molecule has 0 aliphatic carbocycles. The van der Waals surface area contributed by atoms with Gasteiger partial charge in [-0.1, -0.05) is 48.5 Å². The Labute approximate surface area is 200 Å². The number of para-hydroxylation sites is 1. The van der Waals surface area contributed by atoms with Crippen LogP contribution in [0.4, 0.5) is 0 Å². The Morgan fingerprint density at radius 3 is 2.53 bits per heavy atom. The molecule has 3 aromatic carbocycles. The fraction of sp³-hybridized carbons (Fsp3) is 0. The summed E-state index contributed by atoms with van der Waals surface area (Å²) in [6, 6.07) is 22.7. The van der Waals surface area contributed by atoms with Crippen LogP contribution in [0.25, 0.3) is 22.2 Å². The molecule has 0 unspecified atom stereocenters. The van der Waals surface area contributed by atoms with Gasteiger partial charge in [0.25, 0.3) is 5.91 Å². The second-order valence-electron chi connectivity index (χ2n) is 6.46. The molecule has 0 fully saturated rings. The summed E-state index contributed by atoms with van der Waals surface area (Å²) in [5.41, 5.74) is 5.97. The topological polar surface area (TPSA) is 74.6 Å². The van der Waals surface area contributed by atoms with Gasteiger partial charge in [0.15, 0.2) is 0 Å². The van der Waals surface area contributed by atoms with Gasteiger partial charge in [0, 0.05) is 20.1 Å². The number of amides is 1. The van der Waals surface area contributed by atoms with Crippen molar-refractivity contribution in [2.45, 2.75) is 0 Å². The molecule has 4 aromatic rings. The van der Waals surface area contributed by atoms with Gasteiger partial charge in [-0.25, -0.2) is 10.4 Å². The van der Waals surface area contributed by atoms with Crippen molar-refractivity contribution in [1.82, 2.24) is 10.4 Å². The van der Waals surface area contributed by atoms with Crippen LogP contribution in [0.3, 0.4) is 0 Å². The highest BCUT2D eigenvalue weighted by atomic mass is 127. The van der Waals surface area contributed by atoms with E-state index in [9.17, 15) is 9.90 Å². The molecule has 1 heterocycles. The Morgan fingerprint density at radius 1 is 1.00 bits per heavy atom. The summed E-state index contributed by atoms with van der Waals surface area (Å²) in [6.07, 6.45) is 1.44. The lowest BCUT2D eigenvalue weighted by molar-refractivity contribution is 0.0956. The molecule has 0 saturated carbocycles. The second kappa shape index (κ2) is 9.09. The molecule has 7 heteroatoms. The lowest BCUT2D eigenvalue weighted by Crippen LogP contribution is -2.18. The van der Waals surface area contributed by atoms with Crippen LogP contribution in [0.15, 0.2) is 77.9 Å². The standard InChI is InChI=1S/C23H15I2N3O2/c24-16-10-15(22(29)19(25)11-16)13-26-28-23(30)18-12-21(14-6-2-1-3-7-14)27-20-9-5-4-8-17(18)20/h1-13,29H,(H,28,30). The average Bonchev–Trinajstić information content (AvgIpc) is 2.76. The van der Waals surface area contributed by atoms with Crippen LogP contribution >= 0.6 is 45.2 Å². The molecule has 2 N–H and O–H groups in total. The molecule has 0 atom stereocenters. The Kier molecular flexibility index (Phi) is 6.28. The van der Waals surface area contributed by atoms with E-state index >= 15 is 0 Å². The molecule has 0 aliphatic heterocycles. The Bertz CT molecular complexity index is 1270. The zero-order valence-corrected chi connectivity index (χ0v) is 19.8. The quantitative estimate of drug-likeness (QED) is 0.178. The predicted octanol–water partition coefficient (Wildman–Crippen LogP) is 5.58. The number of benzene rings is 3. The molecule has 0 aliphatic rings. The number of nitrogens with zero attached hydrogens (tertiary/aromatic N) is 2. The van der Waals surface area contributed by atoms with E-state index in [1.54, 1.807) is 12.1 Å². The van der Waals surface area contributed by atoms with Gasteiger partial charge < -0.3 is 5.11 Å². The van der Waals surface area contributed by atoms with Gasteiger partial charge in [-0.3, -0.25) is 4.79 Å². The van der Waals surface area contributed by atoms with Crippen LogP contribution in [-0.2, 0) is 0 Å². The average molecular weight is 619 g/mol. The normalized spacial score (nSPS) is 11.1. The number of pyridine rings is 1. The second-order valence-corrected chi connectivity index (χ2v) is 8.87. The number of carbonyl (C=O) groups excluding carboxylic acids is 1. The van der Waals surface area contributed by atoms with E-state index in [1.807, 2.05) is 60.7 Å². The fourth-order valence-electron chi connectivity index (χ4n) is 3.03. The van der Waals surface area contributed by atoms with E-state index in [2.05, 4.69) is 55.7 Å². The van der Waals surface area contributed by atoms with Gasteiger partial charge in [-0.05, 0) is 69.4 Å². The third-order valence-corrected chi connectivity index (χ3v) is 5.90. The predicted molar refractivity (Wildman–Crippen MR) is 136 cm³/mol. The van der Waals surface area contributed by atoms with Crippen LogP contribution in [-0.4, -0.2) is 22.2 Å². The molecule has 1 aromatic heterocycles. The van der Waals surface area contributed by atoms with Crippen molar-refractivity contribution in [3.8, 4) is 17.0 Å². The molecule has 5 nitrogen and oxygen atoms in total. The van der Waals surface area contributed by atoms with Crippen molar-refractivity contribution in [3.05, 3.63) is 91.1 Å². The minimum atomic E-state index is -0.346. The summed E-state index contributed by atoms with van der Waals surface area (Å²) in [7, 11) is 0. The summed E-state index contributed by atoms with van der Waals surface area (Å²) >= 11 is 4.23. The lowest BCUT2D eigenvalue weighted by Gasteiger charge is -2.09. The summed E-state index contributed by atoms with van der Waals surface area (Å²) in [5, 5.41) is 15.0. The lowest BCUT2D eigenvalue weighted by atomic mass is 10.0. The number of fused-ring (bicyclic) bond motifs is 1. The highest BCUT2D eigenvalue weighted by Crippen LogP contribution is 2.26. The SMILES string of the molecule is O=C(NN=Cc1cc(I)cc(I)c1O)c1cc(-c2ccccc2)nc2ccccc12. The van der Waals surface area contributed by atoms with Crippen molar-refractivity contribution in [3.63, 3.8) is 0 Å². The van der Waals surface area contributed by atoms with Gasteiger partial charge in [0.05, 0.1) is 26.6 Å². The van der Waals surface area contributed by atoms with Crippen LogP contribution in [0.5, 0.6) is 5.75 Å². The molecule has 0 saturated heterocycles. The van der Waals surface area contributed by atoms with Gasteiger partial charge in [0.1, 0.15) is 5.75 Å². The number of phenolic OH excluding ortho intramolecular Hbond substituents is 1. The van der Waals surface area contributed by atoms with E-state index in [0.29, 0.717) is 16.8 Å². The highest BCUT2D eigenvalue weighted by Gasteiger charge is 2.13. The first-order valence-electron chi connectivity index (χ1n) is 8.99. The van der Waals surface area contributed by atoms with Gasteiger partial charge in [0.2, 0.25) is 0 Å². The molecule has 30 heavy (non-hydrogen) atoms. The highest BCUT2D eigenvalue weighted by molar-refractivity contribution is 14.1. The van der Waals surface area contributed by atoms with E-state index in [-0.39, 0.29) is 11.7 Å². The first kappa shape index (κ1) is 20.7. The van der Waals surface area contributed by atoms with Gasteiger partial charge >= 0.3 is 0 Å². The Hall–Kier alpha value is -2.53. The van der Waals surface area contributed by atoms with Gasteiger partial charge in [-0.15, -0.1) is 0 Å². The Balaban J connectivity index is 1.68. The van der Waals surface area contributed by atoms with E-state index in [4.69, 9.17) is 4.98 Å². The number of nitrogens with one attached hydrogen (secondary N) is 1. The Morgan fingerprint density at radius 2 is 1.73 bits per heavy atom. The molecule has 0 bridgehead atoms. The monoisotopic (exact) mass is 619 g/mol. The van der Waals surface area contributed by atoms with E-state index < -0.39 is 0 Å². The third-order valence-electron chi connectivity index (χ3n) is 4.46. The molecule has 1 amide bonds. The van der Waals surface area contributed by atoms with Gasteiger partial charge in [-0.2, -0.15) is 5.10 Å². The summed E-state index contributed by atoms with van der Waals surface area (Å²) in [5.74, 6) is -0.211. The molecule has 4 rings (SSSR count). The molecule has 0 radical (unpaired) electrons. The number of aromatic nitrogens is 1. The summed E-state index contributed by atoms with van der Waals surface area (Å²) < 4.78 is 1.69. The zero-order valence-electron chi connectivity index (χ0n) is 15.5. The summed E-state index contributed by atoms with van der Waals surface area (Å²) in [4.78, 5) is 17.6. The minimum absolute atomic E-state index is 0.134.